The number of para-hydroxylation sites is 1. The van der Waals surface area contributed by atoms with Gasteiger partial charge in [-0.2, -0.15) is 9.78 Å². The molecule has 0 saturated heterocycles. The summed E-state index contributed by atoms with van der Waals surface area (Å²) in [6.45, 7) is 6.19. The first-order valence-electron chi connectivity index (χ1n) is 13.3. The highest BCUT2D eigenvalue weighted by Crippen LogP contribution is 2.36. The van der Waals surface area contributed by atoms with Gasteiger partial charge in [0.25, 0.3) is 5.56 Å². The third kappa shape index (κ3) is 6.03. The van der Waals surface area contributed by atoms with Crippen molar-refractivity contribution in [2.45, 2.75) is 33.3 Å². The first kappa shape index (κ1) is 29.3. The first-order valence-corrected chi connectivity index (χ1v) is 14.0. The van der Waals surface area contributed by atoms with Crippen LogP contribution in [-0.2, 0) is 6.61 Å². The fourth-order valence-electron chi connectivity index (χ4n) is 4.67. The maximum absolute atomic E-state index is 13.7. The molecule has 6 nitrogen and oxygen atoms in total. The van der Waals surface area contributed by atoms with Crippen molar-refractivity contribution in [2.24, 2.45) is 5.10 Å². The van der Waals surface area contributed by atoms with Gasteiger partial charge >= 0.3 is 0 Å². The summed E-state index contributed by atoms with van der Waals surface area (Å²) >= 11 is 13.0. The molecule has 0 atom stereocenters. The summed E-state index contributed by atoms with van der Waals surface area (Å²) in [5.41, 5.74) is 4.06. The molecule has 0 spiro atoms. The normalized spacial score (nSPS) is 11.5. The van der Waals surface area contributed by atoms with E-state index in [4.69, 9.17) is 37.7 Å². The number of aromatic nitrogens is 2. The zero-order valence-corrected chi connectivity index (χ0v) is 25.0. The SMILES string of the molecule is COc1cc(C)c(-c2nc3ccccc3c(=O)n2N=Cc2cc(Cl)c(OCc3cccc(F)c3)c(Cl)c2)cc1C(C)C. The molecule has 0 N–H and O–H groups in total. The minimum Gasteiger partial charge on any atom is -0.496 e. The Bertz CT molecular complexity index is 1860. The number of aryl methyl sites for hydroxylation is 1. The molecule has 214 valence electrons. The number of ether oxygens (including phenoxy) is 2. The van der Waals surface area contributed by atoms with Crippen molar-refractivity contribution in [3.8, 4) is 22.9 Å². The van der Waals surface area contributed by atoms with Crippen LogP contribution in [0.5, 0.6) is 11.5 Å². The van der Waals surface area contributed by atoms with Crippen LogP contribution in [0.4, 0.5) is 4.39 Å². The summed E-state index contributed by atoms with van der Waals surface area (Å²) in [6.07, 6.45) is 1.50. The lowest BCUT2D eigenvalue weighted by atomic mass is 9.96. The molecule has 9 heteroatoms. The van der Waals surface area contributed by atoms with Crippen LogP contribution in [0, 0.1) is 12.7 Å². The summed E-state index contributed by atoms with van der Waals surface area (Å²) in [7, 11) is 1.64. The maximum Gasteiger partial charge on any atom is 0.282 e. The number of hydrogen-bond donors (Lipinski definition) is 0. The van der Waals surface area contributed by atoms with E-state index in [-0.39, 0.29) is 39.7 Å². The van der Waals surface area contributed by atoms with Gasteiger partial charge in [0.15, 0.2) is 11.6 Å². The summed E-state index contributed by atoms with van der Waals surface area (Å²) < 4.78 is 26.2. The van der Waals surface area contributed by atoms with Crippen LogP contribution in [0.3, 0.4) is 0 Å². The highest BCUT2D eigenvalue weighted by molar-refractivity contribution is 6.37. The van der Waals surface area contributed by atoms with Gasteiger partial charge in [0.1, 0.15) is 18.2 Å². The number of hydrogen-bond acceptors (Lipinski definition) is 5. The Hall–Kier alpha value is -4.20. The lowest BCUT2D eigenvalue weighted by molar-refractivity contribution is 0.306. The monoisotopic (exact) mass is 603 g/mol. The Balaban J connectivity index is 1.57. The molecule has 5 aromatic rings. The van der Waals surface area contributed by atoms with E-state index in [0.29, 0.717) is 27.9 Å². The highest BCUT2D eigenvalue weighted by atomic mass is 35.5. The zero-order chi connectivity index (χ0) is 30.0. The van der Waals surface area contributed by atoms with Crippen molar-refractivity contribution in [2.75, 3.05) is 7.11 Å². The lowest BCUT2D eigenvalue weighted by Gasteiger charge is -2.17. The van der Waals surface area contributed by atoms with Crippen LogP contribution in [0.15, 0.2) is 82.7 Å². The third-order valence-corrected chi connectivity index (χ3v) is 7.37. The van der Waals surface area contributed by atoms with E-state index >= 15 is 0 Å². The van der Waals surface area contributed by atoms with E-state index in [1.165, 1.54) is 23.0 Å². The van der Waals surface area contributed by atoms with Gasteiger partial charge in [0.05, 0.1) is 34.3 Å². The highest BCUT2D eigenvalue weighted by Gasteiger charge is 2.18. The Morgan fingerprint density at radius 1 is 1.02 bits per heavy atom. The minimum absolute atomic E-state index is 0.0890. The largest absolute Gasteiger partial charge is 0.496 e. The molecule has 5 rings (SSSR count). The minimum atomic E-state index is -0.358. The molecule has 0 fully saturated rings. The van der Waals surface area contributed by atoms with E-state index in [9.17, 15) is 9.18 Å². The van der Waals surface area contributed by atoms with E-state index in [0.717, 1.165) is 22.4 Å². The van der Waals surface area contributed by atoms with E-state index in [1.54, 1.807) is 49.6 Å². The van der Waals surface area contributed by atoms with Crippen molar-refractivity contribution in [1.29, 1.82) is 0 Å². The second kappa shape index (κ2) is 12.3. The second-order valence-corrected chi connectivity index (χ2v) is 10.9. The summed E-state index contributed by atoms with van der Waals surface area (Å²) in [5.74, 6) is 1.25. The van der Waals surface area contributed by atoms with Crippen molar-refractivity contribution in [1.82, 2.24) is 9.66 Å². The Kier molecular flexibility index (Phi) is 8.61. The average molecular weight is 605 g/mol. The van der Waals surface area contributed by atoms with Crippen LogP contribution in [0.1, 0.15) is 42.0 Å². The van der Waals surface area contributed by atoms with Crippen LogP contribution < -0.4 is 15.0 Å². The van der Waals surface area contributed by atoms with Crippen LogP contribution in [-0.4, -0.2) is 23.0 Å². The van der Waals surface area contributed by atoms with Crippen molar-refractivity contribution >= 4 is 40.3 Å². The molecule has 0 amide bonds. The van der Waals surface area contributed by atoms with Crippen LogP contribution >= 0.6 is 23.2 Å². The molecule has 4 aromatic carbocycles. The van der Waals surface area contributed by atoms with Gasteiger partial charge in [-0.15, -0.1) is 0 Å². The fourth-order valence-corrected chi connectivity index (χ4v) is 5.28. The standard InChI is InChI=1S/C33H28Cl2FN3O3/c1-19(2)25-16-26(20(3)12-30(25)41-4)32-38-29-11-6-5-10-24(29)33(40)39(32)37-17-22-14-27(34)31(28(35)15-22)42-18-21-8-7-9-23(36)13-21/h5-17,19H,18H2,1-4H3. The van der Waals surface area contributed by atoms with Gasteiger partial charge in [-0.25, -0.2) is 9.37 Å². The molecular weight excluding hydrogens is 576 g/mol. The number of fused-ring (bicyclic) bond motifs is 1. The second-order valence-electron chi connectivity index (χ2n) is 10.1. The average Bonchev–Trinajstić information content (AvgIpc) is 2.96. The molecule has 0 aliphatic heterocycles. The molecule has 0 bridgehead atoms. The zero-order valence-electron chi connectivity index (χ0n) is 23.5. The quantitative estimate of drug-likeness (QED) is 0.167. The molecular formula is C33H28Cl2FN3O3. The molecule has 0 saturated carbocycles. The van der Waals surface area contributed by atoms with Crippen molar-refractivity contribution < 1.29 is 13.9 Å². The Morgan fingerprint density at radius 2 is 1.76 bits per heavy atom. The molecule has 0 radical (unpaired) electrons. The molecule has 42 heavy (non-hydrogen) atoms. The molecule has 0 unspecified atom stereocenters. The molecule has 1 aromatic heterocycles. The predicted octanol–water partition coefficient (Wildman–Crippen LogP) is 8.41. The topological polar surface area (TPSA) is 65.7 Å². The molecule has 1 heterocycles. The maximum atomic E-state index is 13.7. The van der Waals surface area contributed by atoms with Gasteiger partial charge < -0.3 is 9.47 Å². The van der Waals surface area contributed by atoms with Gasteiger partial charge in [-0.1, -0.05) is 61.3 Å². The summed E-state index contributed by atoms with van der Waals surface area (Å²) in [6, 6.07) is 20.5. The third-order valence-electron chi connectivity index (χ3n) is 6.81. The first-order chi connectivity index (χ1) is 20.2. The number of nitrogens with zero attached hydrogens (tertiary/aromatic N) is 3. The molecule has 0 aliphatic rings. The number of rotatable bonds is 8. The van der Waals surface area contributed by atoms with Gasteiger partial charge in [0.2, 0.25) is 0 Å². The van der Waals surface area contributed by atoms with Crippen LogP contribution in [0.2, 0.25) is 10.0 Å². The molecule has 0 aliphatic carbocycles. The van der Waals surface area contributed by atoms with Crippen LogP contribution in [0.25, 0.3) is 22.3 Å². The predicted molar refractivity (Wildman–Crippen MR) is 167 cm³/mol. The summed E-state index contributed by atoms with van der Waals surface area (Å²) in [4.78, 5) is 18.6. The number of methoxy groups -OCH3 is 1. The number of halogens is 3. The van der Waals surface area contributed by atoms with Gasteiger partial charge in [-0.3, -0.25) is 4.79 Å². The van der Waals surface area contributed by atoms with Gasteiger partial charge in [-0.05, 0) is 83.6 Å². The lowest BCUT2D eigenvalue weighted by Crippen LogP contribution is -2.20. The number of benzene rings is 4. The fraction of sp³-hybridized carbons (Fsp3) is 0.182. The van der Waals surface area contributed by atoms with Crippen molar-refractivity contribution in [3.63, 3.8) is 0 Å². The van der Waals surface area contributed by atoms with Crippen molar-refractivity contribution in [3.05, 3.63) is 121 Å². The van der Waals surface area contributed by atoms with E-state index in [2.05, 4.69) is 18.9 Å². The van der Waals surface area contributed by atoms with Gasteiger partial charge in [0, 0.05) is 5.56 Å². The smallest absolute Gasteiger partial charge is 0.282 e. The van der Waals surface area contributed by atoms with E-state index in [1.807, 2.05) is 25.1 Å². The summed E-state index contributed by atoms with van der Waals surface area (Å²) in [5, 5.41) is 5.49. The van der Waals surface area contributed by atoms with E-state index < -0.39 is 0 Å². The Labute approximate surface area is 253 Å². The Morgan fingerprint density at radius 3 is 2.45 bits per heavy atom.